The number of amides is 1. The fourth-order valence-electron chi connectivity index (χ4n) is 2.88. The minimum Gasteiger partial charge on any atom is -0.497 e. The molecule has 2 aromatic rings. The Morgan fingerprint density at radius 1 is 0.815 bits per heavy atom. The molecule has 0 saturated carbocycles. The van der Waals surface area contributed by atoms with Crippen LogP contribution < -0.4 is 19.5 Å². The number of hydrogen-bond donors (Lipinski definition) is 1. The Morgan fingerprint density at radius 2 is 1.52 bits per heavy atom. The smallest absolute Gasteiger partial charge is 0.220 e. The number of unbranched alkanes of at least 4 members (excludes halogenated alkanes) is 1. The second-order valence-electron chi connectivity index (χ2n) is 6.34. The Balaban J connectivity index is 1.63. The molecule has 0 bridgehead atoms. The van der Waals surface area contributed by atoms with E-state index in [-0.39, 0.29) is 5.91 Å². The topological polar surface area (TPSA) is 56.8 Å². The predicted octanol–water partition coefficient (Wildman–Crippen LogP) is 3.78. The largest absolute Gasteiger partial charge is 0.497 e. The number of aryl methyl sites for hydroxylation is 1. The van der Waals surface area contributed by atoms with Crippen molar-refractivity contribution in [3.8, 4) is 17.2 Å². The molecular formula is C22H29NO4. The molecule has 5 heteroatoms. The minimum atomic E-state index is 0.102. The molecule has 2 rings (SSSR count). The maximum Gasteiger partial charge on any atom is 0.220 e. The Bertz CT molecular complexity index is 713. The highest BCUT2D eigenvalue weighted by Gasteiger charge is 2.06. The van der Waals surface area contributed by atoms with Crippen molar-refractivity contribution < 1.29 is 19.0 Å². The lowest BCUT2D eigenvalue weighted by atomic mass is 10.1. The highest BCUT2D eigenvalue weighted by Crippen LogP contribution is 2.27. The lowest BCUT2D eigenvalue weighted by molar-refractivity contribution is -0.121. The molecule has 1 N–H and O–H groups in total. The predicted molar refractivity (Wildman–Crippen MR) is 107 cm³/mol. The molecule has 0 atom stereocenters. The molecule has 0 saturated heterocycles. The zero-order valence-corrected chi connectivity index (χ0v) is 16.4. The van der Waals surface area contributed by atoms with Crippen molar-refractivity contribution in [2.45, 2.75) is 32.1 Å². The molecule has 5 nitrogen and oxygen atoms in total. The van der Waals surface area contributed by atoms with Crippen LogP contribution in [-0.2, 0) is 17.6 Å². The standard InChI is InChI=1S/C22H29NO4/c1-25-19-11-8-17(9-12-19)6-4-5-7-22(24)23-15-14-18-10-13-20(26-2)21(16-18)27-3/h8-13,16H,4-7,14-15H2,1-3H3,(H,23,24). The van der Waals surface area contributed by atoms with Gasteiger partial charge in [-0.05, 0) is 61.1 Å². The van der Waals surface area contributed by atoms with Gasteiger partial charge in [0.25, 0.3) is 0 Å². The molecule has 0 aliphatic heterocycles. The zero-order chi connectivity index (χ0) is 19.5. The van der Waals surface area contributed by atoms with E-state index in [1.165, 1.54) is 5.56 Å². The Labute approximate surface area is 161 Å². The summed E-state index contributed by atoms with van der Waals surface area (Å²) < 4.78 is 15.7. The molecule has 2 aromatic carbocycles. The molecule has 0 radical (unpaired) electrons. The maximum atomic E-state index is 12.0. The van der Waals surface area contributed by atoms with E-state index in [2.05, 4.69) is 17.4 Å². The minimum absolute atomic E-state index is 0.102. The van der Waals surface area contributed by atoms with Crippen molar-refractivity contribution in [3.63, 3.8) is 0 Å². The molecule has 1 amide bonds. The third-order valence-corrected chi connectivity index (χ3v) is 4.46. The van der Waals surface area contributed by atoms with Gasteiger partial charge in [-0.1, -0.05) is 18.2 Å². The van der Waals surface area contributed by atoms with Crippen LogP contribution in [0.2, 0.25) is 0 Å². The second-order valence-corrected chi connectivity index (χ2v) is 6.34. The van der Waals surface area contributed by atoms with Gasteiger partial charge in [-0.3, -0.25) is 4.79 Å². The van der Waals surface area contributed by atoms with Crippen LogP contribution in [0.1, 0.15) is 30.4 Å². The second kappa shape index (κ2) is 11.1. The van der Waals surface area contributed by atoms with Crippen molar-refractivity contribution in [2.24, 2.45) is 0 Å². The molecular weight excluding hydrogens is 342 g/mol. The van der Waals surface area contributed by atoms with Crippen LogP contribution in [0.3, 0.4) is 0 Å². The SMILES string of the molecule is COc1ccc(CCCCC(=O)NCCc2ccc(OC)c(OC)c2)cc1. The summed E-state index contributed by atoms with van der Waals surface area (Å²) in [6.45, 7) is 0.618. The number of rotatable bonds is 11. The Hall–Kier alpha value is -2.69. The maximum absolute atomic E-state index is 12.0. The number of nitrogens with one attached hydrogen (secondary N) is 1. The van der Waals surface area contributed by atoms with E-state index in [0.29, 0.717) is 24.5 Å². The third-order valence-electron chi connectivity index (χ3n) is 4.46. The highest BCUT2D eigenvalue weighted by molar-refractivity contribution is 5.75. The summed E-state index contributed by atoms with van der Waals surface area (Å²) in [7, 11) is 4.90. The molecule has 0 aliphatic rings. The van der Waals surface area contributed by atoms with Gasteiger partial charge in [0, 0.05) is 13.0 Å². The third kappa shape index (κ3) is 6.85. The summed E-state index contributed by atoms with van der Waals surface area (Å²) >= 11 is 0. The van der Waals surface area contributed by atoms with Crippen molar-refractivity contribution >= 4 is 5.91 Å². The lowest BCUT2D eigenvalue weighted by Gasteiger charge is -2.10. The van der Waals surface area contributed by atoms with Gasteiger partial charge in [0.05, 0.1) is 21.3 Å². The van der Waals surface area contributed by atoms with Gasteiger partial charge >= 0.3 is 0 Å². The Morgan fingerprint density at radius 3 is 2.19 bits per heavy atom. The molecule has 0 aromatic heterocycles. The molecule has 0 spiro atoms. The van der Waals surface area contributed by atoms with Gasteiger partial charge in [-0.25, -0.2) is 0 Å². The molecule has 0 heterocycles. The van der Waals surface area contributed by atoms with E-state index >= 15 is 0 Å². The van der Waals surface area contributed by atoms with E-state index in [9.17, 15) is 4.79 Å². The first-order valence-corrected chi connectivity index (χ1v) is 9.26. The first kappa shape index (κ1) is 20.6. The van der Waals surface area contributed by atoms with Gasteiger partial charge in [-0.2, -0.15) is 0 Å². The Kier molecular flexibility index (Phi) is 8.49. The molecule has 0 aliphatic carbocycles. The van der Waals surface area contributed by atoms with Crippen LogP contribution in [0, 0.1) is 0 Å². The van der Waals surface area contributed by atoms with Crippen molar-refractivity contribution in [1.29, 1.82) is 0 Å². The summed E-state index contributed by atoms with van der Waals surface area (Å²) in [5, 5.41) is 2.98. The van der Waals surface area contributed by atoms with E-state index < -0.39 is 0 Å². The van der Waals surface area contributed by atoms with E-state index in [0.717, 1.165) is 37.0 Å². The average Bonchev–Trinajstić information content (AvgIpc) is 2.71. The first-order valence-electron chi connectivity index (χ1n) is 9.26. The van der Waals surface area contributed by atoms with E-state index in [4.69, 9.17) is 14.2 Å². The fourth-order valence-corrected chi connectivity index (χ4v) is 2.88. The fraction of sp³-hybridized carbons (Fsp3) is 0.409. The average molecular weight is 371 g/mol. The quantitative estimate of drug-likeness (QED) is 0.611. The van der Waals surface area contributed by atoms with E-state index in [1.807, 2.05) is 30.3 Å². The van der Waals surface area contributed by atoms with Crippen molar-refractivity contribution in [2.75, 3.05) is 27.9 Å². The summed E-state index contributed by atoms with van der Waals surface area (Å²) in [4.78, 5) is 12.0. The first-order chi connectivity index (χ1) is 13.2. The van der Waals surface area contributed by atoms with Gasteiger partial charge in [0.1, 0.15) is 5.75 Å². The van der Waals surface area contributed by atoms with E-state index in [1.54, 1.807) is 21.3 Å². The number of carbonyl (C=O) groups excluding carboxylic acids is 1. The zero-order valence-electron chi connectivity index (χ0n) is 16.4. The normalized spacial score (nSPS) is 10.3. The summed E-state index contributed by atoms with van der Waals surface area (Å²) in [5.74, 6) is 2.39. The summed E-state index contributed by atoms with van der Waals surface area (Å²) in [6.07, 6.45) is 4.17. The van der Waals surface area contributed by atoms with Gasteiger partial charge in [-0.15, -0.1) is 0 Å². The van der Waals surface area contributed by atoms with Crippen LogP contribution in [-0.4, -0.2) is 33.8 Å². The van der Waals surface area contributed by atoms with Crippen LogP contribution in [0.15, 0.2) is 42.5 Å². The highest BCUT2D eigenvalue weighted by atomic mass is 16.5. The van der Waals surface area contributed by atoms with Crippen LogP contribution in [0.4, 0.5) is 0 Å². The monoisotopic (exact) mass is 371 g/mol. The lowest BCUT2D eigenvalue weighted by Crippen LogP contribution is -2.25. The van der Waals surface area contributed by atoms with Gasteiger partial charge in [0.15, 0.2) is 11.5 Å². The van der Waals surface area contributed by atoms with Crippen molar-refractivity contribution in [3.05, 3.63) is 53.6 Å². The summed E-state index contributed by atoms with van der Waals surface area (Å²) in [6, 6.07) is 13.9. The number of benzene rings is 2. The molecule has 27 heavy (non-hydrogen) atoms. The number of ether oxygens (including phenoxy) is 3. The summed E-state index contributed by atoms with van der Waals surface area (Å²) in [5.41, 5.74) is 2.37. The van der Waals surface area contributed by atoms with Crippen molar-refractivity contribution in [1.82, 2.24) is 5.32 Å². The number of carbonyl (C=O) groups is 1. The van der Waals surface area contributed by atoms with Crippen LogP contribution in [0.25, 0.3) is 0 Å². The van der Waals surface area contributed by atoms with Crippen LogP contribution >= 0.6 is 0 Å². The molecule has 0 fully saturated rings. The van der Waals surface area contributed by atoms with Gasteiger partial charge in [0.2, 0.25) is 5.91 Å². The van der Waals surface area contributed by atoms with Crippen LogP contribution in [0.5, 0.6) is 17.2 Å². The van der Waals surface area contributed by atoms with Gasteiger partial charge < -0.3 is 19.5 Å². The number of methoxy groups -OCH3 is 3. The number of hydrogen-bond acceptors (Lipinski definition) is 4. The molecule has 0 unspecified atom stereocenters. The molecule has 146 valence electrons.